The van der Waals surface area contributed by atoms with E-state index < -0.39 is 23.2 Å². The summed E-state index contributed by atoms with van der Waals surface area (Å²) < 4.78 is 57.0. The van der Waals surface area contributed by atoms with Crippen LogP contribution in [-0.2, 0) is 16.9 Å². The van der Waals surface area contributed by atoms with Crippen molar-refractivity contribution in [3.8, 4) is 34.0 Å². The molecule has 13 heteroatoms. The molecular formula is C35H28ClF2N5O5. The van der Waals surface area contributed by atoms with E-state index in [2.05, 4.69) is 29.0 Å². The van der Waals surface area contributed by atoms with Crippen LogP contribution in [0.4, 0.5) is 8.78 Å². The SMILES string of the molecule is CC1(C)COC[C@H]1n1c(Cc2cc(F)c(-c3cccc4c3O[C@](C)(c3ccc(Cl)cn3)O4)cc2F)nc2ccc(-c3noc(=O)[nH]3)cc21. The first-order valence-corrected chi connectivity index (χ1v) is 15.6. The number of H-pyrrole nitrogens is 1. The Balaban J connectivity index is 1.17. The van der Waals surface area contributed by atoms with E-state index in [9.17, 15) is 4.79 Å². The van der Waals surface area contributed by atoms with Crippen LogP contribution in [0.15, 0.2) is 76.2 Å². The maximum absolute atomic E-state index is 16.0. The molecule has 0 spiro atoms. The molecule has 0 saturated carbocycles. The van der Waals surface area contributed by atoms with Crippen molar-refractivity contribution in [2.75, 3.05) is 13.2 Å². The Morgan fingerprint density at radius 3 is 2.60 bits per heavy atom. The highest BCUT2D eigenvalue weighted by Crippen LogP contribution is 2.49. The number of benzene rings is 3. The Labute approximate surface area is 277 Å². The van der Waals surface area contributed by atoms with Gasteiger partial charge in [0.15, 0.2) is 17.3 Å². The molecule has 2 aliphatic heterocycles. The summed E-state index contributed by atoms with van der Waals surface area (Å²) in [5, 5.41) is 4.27. The van der Waals surface area contributed by atoms with Crippen molar-refractivity contribution in [2.45, 2.75) is 39.0 Å². The quantitative estimate of drug-likeness (QED) is 0.198. The second-order valence-corrected chi connectivity index (χ2v) is 13.2. The monoisotopic (exact) mass is 671 g/mol. The maximum Gasteiger partial charge on any atom is 0.439 e. The van der Waals surface area contributed by atoms with E-state index in [1.807, 2.05) is 10.6 Å². The van der Waals surface area contributed by atoms with Crippen LogP contribution in [0.5, 0.6) is 11.5 Å². The minimum atomic E-state index is -1.29. The summed E-state index contributed by atoms with van der Waals surface area (Å²) >= 11 is 6.01. The van der Waals surface area contributed by atoms with E-state index in [0.717, 1.165) is 5.52 Å². The molecule has 0 radical (unpaired) electrons. The minimum absolute atomic E-state index is 0.00718. The molecule has 3 aromatic heterocycles. The summed E-state index contributed by atoms with van der Waals surface area (Å²) in [7, 11) is 0. The molecule has 10 nitrogen and oxygen atoms in total. The third kappa shape index (κ3) is 5.03. The van der Waals surface area contributed by atoms with Crippen LogP contribution in [-0.4, -0.2) is 37.9 Å². The number of pyridine rings is 1. The zero-order valence-corrected chi connectivity index (χ0v) is 26.8. The van der Waals surface area contributed by atoms with Crippen LogP contribution in [0, 0.1) is 17.0 Å². The molecule has 2 aliphatic rings. The van der Waals surface area contributed by atoms with Crippen molar-refractivity contribution in [1.29, 1.82) is 0 Å². The van der Waals surface area contributed by atoms with Gasteiger partial charge >= 0.3 is 5.76 Å². The number of aromatic nitrogens is 5. The Hall–Kier alpha value is -5.07. The predicted octanol–water partition coefficient (Wildman–Crippen LogP) is 7.21. The number of fused-ring (bicyclic) bond motifs is 2. The molecule has 1 fully saturated rings. The zero-order chi connectivity index (χ0) is 33.4. The standard InChI is InChI=1S/C35H28ClF2N5O5/c1-34(2)17-45-16-29(34)43-26-12-18(32-41-33(44)48-42-32)7-9-25(26)40-30(43)13-19-11-24(38)22(14-23(19)37)21-5-4-6-27-31(21)47-35(3,46-27)28-10-8-20(36)15-39-28/h4-12,14-15,29H,13,16-17H2,1-3H3,(H,41,42,44)/t29-,35-/m1/s1. The fraction of sp³-hybridized carbons (Fsp3) is 0.257. The molecule has 2 atom stereocenters. The van der Waals surface area contributed by atoms with Crippen LogP contribution in [0.25, 0.3) is 33.5 Å². The van der Waals surface area contributed by atoms with Gasteiger partial charge in [0, 0.05) is 41.6 Å². The van der Waals surface area contributed by atoms with Crippen molar-refractivity contribution in [3.05, 3.63) is 111 Å². The van der Waals surface area contributed by atoms with Gasteiger partial charge in [-0.1, -0.05) is 42.7 Å². The number of rotatable bonds is 6. The Morgan fingerprint density at radius 1 is 1.02 bits per heavy atom. The van der Waals surface area contributed by atoms with Crippen LogP contribution in [0.1, 0.15) is 43.9 Å². The number of imidazole rings is 1. The van der Waals surface area contributed by atoms with Gasteiger partial charge in [-0.05, 0) is 54.1 Å². The summed E-state index contributed by atoms with van der Waals surface area (Å²) in [6.07, 6.45) is 1.49. The molecule has 48 heavy (non-hydrogen) atoms. The lowest BCUT2D eigenvalue weighted by Crippen LogP contribution is -2.32. The third-order valence-electron chi connectivity index (χ3n) is 8.99. The van der Waals surface area contributed by atoms with E-state index in [1.165, 1.54) is 18.3 Å². The molecule has 8 rings (SSSR count). The van der Waals surface area contributed by atoms with Gasteiger partial charge in [0.25, 0.3) is 5.79 Å². The van der Waals surface area contributed by atoms with Gasteiger partial charge in [-0.2, -0.15) is 0 Å². The maximum atomic E-state index is 16.0. The highest BCUT2D eigenvalue weighted by Gasteiger charge is 2.42. The third-order valence-corrected chi connectivity index (χ3v) is 9.21. The molecule has 0 amide bonds. The van der Waals surface area contributed by atoms with Crippen LogP contribution in [0.2, 0.25) is 5.02 Å². The topological polar surface area (TPSA) is 117 Å². The molecule has 244 valence electrons. The second kappa shape index (κ2) is 11.0. The van der Waals surface area contributed by atoms with Crippen molar-refractivity contribution in [2.24, 2.45) is 5.41 Å². The number of nitrogens with one attached hydrogen (secondary N) is 1. The predicted molar refractivity (Wildman–Crippen MR) is 172 cm³/mol. The second-order valence-electron chi connectivity index (χ2n) is 12.8. The Morgan fingerprint density at radius 2 is 1.88 bits per heavy atom. The first-order valence-electron chi connectivity index (χ1n) is 15.3. The highest BCUT2D eigenvalue weighted by atomic mass is 35.5. The molecular weight excluding hydrogens is 644 g/mol. The van der Waals surface area contributed by atoms with Crippen LogP contribution in [0.3, 0.4) is 0 Å². The number of ether oxygens (including phenoxy) is 3. The molecule has 6 aromatic rings. The van der Waals surface area contributed by atoms with E-state index >= 15 is 8.78 Å². The van der Waals surface area contributed by atoms with Crippen LogP contribution >= 0.6 is 11.6 Å². The molecule has 0 unspecified atom stereocenters. The largest absolute Gasteiger partial charge is 0.443 e. The molecule has 0 aliphatic carbocycles. The van der Waals surface area contributed by atoms with Gasteiger partial charge in [-0.15, -0.1) is 0 Å². The first-order chi connectivity index (χ1) is 23.0. The molecule has 1 saturated heterocycles. The smallest absolute Gasteiger partial charge is 0.439 e. The van der Waals surface area contributed by atoms with Crippen molar-refractivity contribution >= 4 is 22.6 Å². The lowest BCUT2D eigenvalue weighted by molar-refractivity contribution is -0.0715. The summed E-state index contributed by atoms with van der Waals surface area (Å²) in [6.45, 7) is 6.81. The minimum Gasteiger partial charge on any atom is -0.443 e. The van der Waals surface area contributed by atoms with Gasteiger partial charge in [-0.25, -0.2) is 18.6 Å². The number of nitrogens with zero attached hydrogens (tertiary/aromatic N) is 4. The average Bonchev–Trinajstić information content (AvgIpc) is 3.82. The first kappa shape index (κ1) is 30.3. The van der Waals surface area contributed by atoms with Gasteiger partial charge in [0.1, 0.15) is 23.2 Å². The van der Waals surface area contributed by atoms with Crippen LogP contribution < -0.4 is 15.2 Å². The lowest BCUT2D eigenvalue weighted by atomic mass is 9.87. The zero-order valence-electron chi connectivity index (χ0n) is 26.0. The van der Waals surface area contributed by atoms with Gasteiger partial charge in [-0.3, -0.25) is 14.5 Å². The number of aromatic amines is 1. The number of para-hydroxylation sites is 1. The van der Waals surface area contributed by atoms with Gasteiger partial charge in [0.05, 0.1) is 35.3 Å². The van der Waals surface area contributed by atoms with Crippen molar-refractivity contribution in [1.82, 2.24) is 24.7 Å². The lowest BCUT2D eigenvalue weighted by Gasteiger charge is -2.28. The van der Waals surface area contributed by atoms with Gasteiger partial charge in [0.2, 0.25) is 0 Å². The summed E-state index contributed by atoms with van der Waals surface area (Å²) in [5.41, 5.74) is 2.68. The summed E-state index contributed by atoms with van der Waals surface area (Å²) in [6, 6.07) is 16.0. The number of hydrogen-bond acceptors (Lipinski definition) is 8. The molecule has 0 bridgehead atoms. The molecule has 3 aromatic carbocycles. The fourth-order valence-corrected chi connectivity index (χ4v) is 6.60. The average molecular weight is 672 g/mol. The van der Waals surface area contributed by atoms with E-state index in [-0.39, 0.29) is 40.6 Å². The summed E-state index contributed by atoms with van der Waals surface area (Å²) in [4.78, 5) is 23.4. The normalized spacial score (nSPS) is 19.8. The highest BCUT2D eigenvalue weighted by molar-refractivity contribution is 6.30. The Bertz CT molecular complexity index is 2280. The van der Waals surface area contributed by atoms with E-state index in [0.29, 0.717) is 52.1 Å². The number of halogens is 3. The van der Waals surface area contributed by atoms with Crippen molar-refractivity contribution in [3.63, 3.8) is 0 Å². The molecule has 1 N–H and O–H groups in total. The number of hydrogen-bond donors (Lipinski definition) is 1. The van der Waals surface area contributed by atoms with Gasteiger partial charge < -0.3 is 18.8 Å². The van der Waals surface area contributed by atoms with E-state index in [1.54, 1.807) is 49.4 Å². The van der Waals surface area contributed by atoms with Crippen molar-refractivity contribution < 1.29 is 27.5 Å². The van der Waals surface area contributed by atoms with E-state index in [4.69, 9.17) is 35.3 Å². The molecule has 5 heterocycles. The fourth-order valence-electron chi connectivity index (χ4n) is 6.48. The Kier molecular flexibility index (Phi) is 6.93. The summed E-state index contributed by atoms with van der Waals surface area (Å²) in [5.74, 6) is -1.74.